The number of nitrogens with zero attached hydrogens (tertiary/aromatic N) is 3. The Morgan fingerprint density at radius 2 is 2.10 bits per heavy atom. The van der Waals surface area contributed by atoms with Crippen molar-refractivity contribution in [2.24, 2.45) is 5.10 Å². The second kappa shape index (κ2) is 8.64. The van der Waals surface area contributed by atoms with Gasteiger partial charge in [0.05, 0.1) is 13.3 Å². The van der Waals surface area contributed by atoms with E-state index in [-0.39, 0.29) is 11.4 Å². The van der Waals surface area contributed by atoms with Crippen LogP contribution in [0.25, 0.3) is 0 Å². The summed E-state index contributed by atoms with van der Waals surface area (Å²) in [5.41, 5.74) is 6.55. The van der Waals surface area contributed by atoms with E-state index in [0.29, 0.717) is 11.5 Å². The Hall–Kier alpha value is -2.89. The van der Waals surface area contributed by atoms with Crippen molar-refractivity contribution in [2.45, 2.75) is 52.0 Å². The number of carbonyl (C=O) groups excluding carboxylic acids is 1. The lowest BCUT2D eigenvalue weighted by atomic mass is 9.79. The monoisotopic (exact) mass is 394 g/mol. The fourth-order valence-electron chi connectivity index (χ4n) is 4.18. The molecule has 1 aromatic heterocycles. The molecule has 0 saturated carbocycles. The zero-order valence-electron chi connectivity index (χ0n) is 17.9. The molecule has 29 heavy (non-hydrogen) atoms. The fourth-order valence-corrected chi connectivity index (χ4v) is 4.18. The molecule has 6 nitrogen and oxygen atoms in total. The highest BCUT2D eigenvalue weighted by Gasteiger charge is 2.36. The molecule has 2 heterocycles. The number of rotatable bonds is 6. The molecule has 0 radical (unpaired) electrons. The van der Waals surface area contributed by atoms with Crippen LogP contribution in [0.3, 0.4) is 0 Å². The van der Waals surface area contributed by atoms with Crippen molar-refractivity contribution in [1.82, 2.24) is 10.4 Å². The first kappa shape index (κ1) is 20.8. The molecule has 6 heteroatoms. The average Bonchev–Trinajstić information content (AvgIpc) is 2.71. The number of nitrogens with one attached hydrogen (secondary N) is 1. The van der Waals surface area contributed by atoms with E-state index in [4.69, 9.17) is 4.74 Å². The number of amides is 1. The van der Waals surface area contributed by atoms with Crippen LogP contribution in [0.15, 0.2) is 41.8 Å². The minimum Gasteiger partial charge on any atom is -0.496 e. The van der Waals surface area contributed by atoms with Crippen LogP contribution in [-0.2, 0) is 0 Å². The van der Waals surface area contributed by atoms with Crippen LogP contribution in [0, 0.1) is 0 Å². The van der Waals surface area contributed by atoms with E-state index >= 15 is 0 Å². The molecule has 154 valence electrons. The van der Waals surface area contributed by atoms with E-state index in [1.165, 1.54) is 11.3 Å². The van der Waals surface area contributed by atoms with E-state index in [0.717, 1.165) is 30.7 Å². The molecule has 0 spiro atoms. The van der Waals surface area contributed by atoms with Crippen LogP contribution >= 0.6 is 0 Å². The van der Waals surface area contributed by atoms with Crippen LogP contribution in [0.2, 0.25) is 0 Å². The summed E-state index contributed by atoms with van der Waals surface area (Å²) in [6.45, 7) is 10.1. The van der Waals surface area contributed by atoms with Gasteiger partial charge in [0.25, 0.3) is 5.91 Å². The second-order valence-corrected chi connectivity index (χ2v) is 8.16. The standard InChI is InChI=1S/C23H30N4O2/c1-6-11-27-20-13-21(29-5)18(12-19(20)16(2)14-23(27,3)4)15-25-26-22(28)17-7-9-24-10-8-17/h7-10,12-13,15-16H,6,11,14H2,1-5H3,(H,26,28)/b25-15-. The van der Waals surface area contributed by atoms with E-state index in [9.17, 15) is 4.79 Å². The molecule has 1 N–H and O–H groups in total. The smallest absolute Gasteiger partial charge is 0.271 e. The largest absolute Gasteiger partial charge is 0.496 e. The van der Waals surface area contributed by atoms with E-state index in [2.05, 4.69) is 60.2 Å². The Kier molecular flexibility index (Phi) is 6.20. The molecule has 0 saturated heterocycles. The number of anilines is 1. The molecule has 1 aromatic carbocycles. The second-order valence-electron chi connectivity index (χ2n) is 8.16. The van der Waals surface area contributed by atoms with E-state index < -0.39 is 0 Å². The quantitative estimate of drug-likeness (QED) is 0.584. The molecule has 0 aliphatic carbocycles. The number of hydrazone groups is 1. The normalized spacial score (nSPS) is 17.8. The van der Waals surface area contributed by atoms with Crippen molar-refractivity contribution in [2.75, 3.05) is 18.6 Å². The van der Waals surface area contributed by atoms with Crippen LogP contribution in [0.5, 0.6) is 5.75 Å². The molecule has 1 aliphatic rings. The van der Waals surface area contributed by atoms with Gasteiger partial charge in [-0.3, -0.25) is 9.78 Å². The SMILES string of the molecule is CCCN1c2cc(OC)c(/C=N\NC(=O)c3ccncc3)cc2C(C)CC1(C)C. The Bertz CT molecular complexity index is 893. The molecule has 0 fully saturated rings. The van der Waals surface area contributed by atoms with E-state index in [1.54, 1.807) is 37.9 Å². The van der Waals surface area contributed by atoms with Crippen molar-refractivity contribution in [3.05, 3.63) is 53.3 Å². The Labute approximate surface area is 173 Å². The maximum absolute atomic E-state index is 12.2. The maximum Gasteiger partial charge on any atom is 0.271 e. The number of methoxy groups -OCH3 is 1. The van der Waals surface area contributed by atoms with Crippen molar-refractivity contribution in [1.29, 1.82) is 0 Å². The fraction of sp³-hybridized carbons (Fsp3) is 0.435. The third-order valence-corrected chi connectivity index (χ3v) is 5.50. The summed E-state index contributed by atoms with van der Waals surface area (Å²) in [6.07, 6.45) is 6.98. The molecule has 1 aliphatic heterocycles. The lowest BCUT2D eigenvalue weighted by molar-refractivity contribution is 0.0955. The predicted octanol–water partition coefficient (Wildman–Crippen LogP) is 4.36. The summed E-state index contributed by atoms with van der Waals surface area (Å²) in [6, 6.07) is 7.54. The van der Waals surface area contributed by atoms with Gasteiger partial charge >= 0.3 is 0 Å². The van der Waals surface area contributed by atoms with Gasteiger partial charge in [-0.25, -0.2) is 5.43 Å². The summed E-state index contributed by atoms with van der Waals surface area (Å²) in [5.74, 6) is 0.902. The molecule has 1 unspecified atom stereocenters. The number of hydrogen-bond donors (Lipinski definition) is 1. The first-order valence-electron chi connectivity index (χ1n) is 10.1. The Balaban J connectivity index is 1.89. The van der Waals surface area contributed by atoms with Crippen molar-refractivity contribution in [3.63, 3.8) is 0 Å². The number of ether oxygens (including phenoxy) is 1. The predicted molar refractivity (Wildman–Crippen MR) is 117 cm³/mol. The molecule has 0 bridgehead atoms. The van der Waals surface area contributed by atoms with Gasteiger partial charge in [0, 0.05) is 47.4 Å². The molecule has 3 rings (SSSR count). The number of fused-ring (bicyclic) bond motifs is 1. The molecule has 2 aromatic rings. The summed E-state index contributed by atoms with van der Waals surface area (Å²) in [4.78, 5) is 18.6. The minimum atomic E-state index is -0.273. The van der Waals surface area contributed by atoms with Gasteiger partial charge in [-0.1, -0.05) is 13.8 Å². The van der Waals surface area contributed by atoms with Gasteiger partial charge in [0.15, 0.2) is 0 Å². The van der Waals surface area contributed by atoms with Gasteiger partial charge in [-0.05, 0) is 56.4 Å². The third-order valence-electron chi connectivity index (χ3n) is 5.50. The average molecular weight is 395 g/mol. The van der Waals surface area contributed by atoms with Gasteiger partial charge in [0.1, 0.15) is 5.75 Å². The van der Waals surface area contributed by atoms with Crippen LogP contribution < -0.4 is 15.1 Å². The zero-order chi connectivity index (χ0) is 21.0. The zero-order valence-corrected chi connectivity index (χ0v) is 17.9. The summed E-state index contributed by atoms with van der Waals surface area (Å²) < 4.78 is 5.64. The third kappa shape index (κ3) is 4.42. The van der Waals surface area contributed by atoms with Crippen molar-refractivity contribution in [3.8, 4) is 5.75 Å². The molecule has 1 atom stereocenters. The van der Waals surface area contributed by atoms with Crippen LogP contribution in [-0.4, -0.2) is 36.3 Å². The first-order chi connectivity index (χ1) is 13.9. The van der Waals surface area contributed by atoms with Gasteiger partial charge in [-0.15, -0.1) is 0 Å². The highest BCUT2D eigenvalue weighted by atomic mass is 16.5. The van der Waals surface area contributed by atoms with E-state index in [1.807, 2.05) is 0 Å². The number of benzene rings is 1. The molecular formula is C23H30N4O2. The van der Waals surface area contributed by atoms with Crippen molar-refractivity contribution >= 4 is 17.8 Å². The summed E-state index contributed by atoms with van der Waals surface area (Å²) in [5, 5.41) is 4.15. The van der Waals surface area contributed by atoms with Crippen LogP contribution in [0.1, 0.15) is 67.9 Å². The van der Waals surface area contributed by atoms with Gasteiger partial charge in [0.2, 0.25) is 0 Å². The topological polar surface area (TPSA) is 66.8 Å². The van der Waals surface area contributed by atoms with Crippen LogP contribution in [0.4, 0.5) is 5.69 Å². The Morgan fingerprint density at radius 1 is 1.38 bits per heavy atom. The van der Waals surface area contributed by atoms with Crippen molar-refractivity contribution < 1.29 is 9.53 Å². The summed E-state index contributed by atoms with van der Waals surface area (Å²) in [7, 11) is 1.66. The number of carbonyl (C=O) groups is 1. The highest BCUT2D eigenvalue weighted by Crippen LogP contribution is 2.45. The lowest BCUT2D eigenvalue weighted by Gasteiger charge is -2.47. The first-order valence-corrected chi connectivity index (χ1v) is 10.1. The lowest BCUT2D eigenvalue weighted by Crippen LogP contribution is -2.48. The molecular weight excluding hydrogens is 364 g/mol. The Morgan fingerprint density at radius 3 is 2.76 bits per heavy atom. The number of aromatic nitrogens is 1. The number of pyridine rings is 1. The highest BCUT2D eigenvalue weighted by molar-refractivity contribution is 5.95. The minimum absolute atomic E-state index is 0.0988. The maximum atomic E-state index is 12.2. The van der Waals surface area contributed by atoms with Gasteiger partial charge < -0.3 is 9.64 Å². The molecule has 1 amide bonds. The number of hydrogen-bond acceptors (Lipinski definition) is 5. The summed E-state index contributed by atoms with van der Waals surface area (Å²) >= 11 is 0. The van der Waals surface area contributed by atoms with Gasteiger partial charge in [-0.2, -0.15) is 5.10 Å².